The third-order valence-electron chi connectivity index (χ3n) is 5.67. The number of likely N-dealkylation sites (N-methyl/N-ethyl adjacent to an activating group) is 1. The molecule has 1 aromatic heterocycles. The van der Waals surface area contributed by atoms with Crippen LogP contribution in [0.2, 0.25) is 0 Å². The number of rotatable bonds is 6. The molecule has 152 valence electrons. The van der Waals surface area contributed by atoms with E-state index in [-0.39, 0.29) is 11.3 Å². The molecule has 8 heteroatoms. The van der Waals surface area contributed by atoms with E-state index < -0.39 is 10.0 Å². The van der Waals surface area contributed by atoms with Gasteiger partial charge in [0.1, 0.15) is 11.5 Å². The molecule has 7 nitrogen and oxygen atoms in total. The van der Waals surface area contributed by atoms with Crippen molar-refractivity contribution in [2.45, 2.75) is 31.1 Å². The smallest absolute Gasteiger partial charge is 0.243 e. The molecule has 2 aliphatic rings. The van der Waals surface area contributed by atoms with Crippen LogP contribution in [0.1, 0.15) is 30.9 Å². The molecule has 2 aromatic rings. The van der Waals surface area contributed by atoms with Gasteiger partial charge in [-0.25, -0.2) is 13.4 Å². The number of aryl methyl sites for hydroxylation is 1. The van der Waals surface area contributed by atoms with E-state index in [0.29, 0.717) is 30.3 Å². The number of benzene rings is 1. The van der Waals surface area contributed by atoms with Gasteiger partial charge in [0.15, 0.2) is 5.89 Å². The highest BCUT2D eigenvalue weighted by molar-refractivity contribution is 7.89. The van der Waals surface area contributed by atoms with Gasteiger partial charge in [0, 0.05) is 31.6 Å². The van der Waals surface area contributed by atoms with Crippen molar-refractivity contribution < 1.29 is 17.6 Å². The molecule has 0 N–H and O–H groups in total. The topological polar surface area (TPSA) is 75.9 Å². The fourth-order valence-electron chi connectivity index (χ4n) is 4.31. The Bertz CT molecular complexity index is 933. The molecule has 0 bridgehead atoms. The number of ether oxygens (including phenoxy) is 1. The highest BCUT2D eigenvalue weighted by Crippen LogP contribution is 2.50. The second-order valence-electron chi connectivity index (χ2n) is 8.01. The van der Waals surface area contributed by atoms with Gasteiger partial charge in [-0.1, -0.05) is 6.92 Å². The van der Waals surface area contributed by atoms with Gasteiger partial charge in [0.2, 0.25) is 10.0 Å². The predicted molar refractivity (Wildman–Crippen MR) is 105 cm³/mol. The van der Waals surface area contributed by atoms with Gasteiger partial charge in [-0.15, -0.1) is 0 Å². The predicted octanol–water partition coefficient (Wildman–Crippen LogP) is 2.49. The summed E-state index contributed by atoms with van der Waals surface area (Å²) >= 11 is 0. The summed E-state index contributed by atoms with van der Waals surface area (Å²) in [6.07, 6.45) is 2.65. The summed E-state index contributed by atoms with van der Waals surface area (Å²) in [5.41, 5.74) is -0.136. The van der Waals surface area contributed by atoms with Gasteiger partial charge in [-0.3, -0.25) is 0 Å². The van der Waals surface area contributed by atoms with Crippen LogP contribution in [0.25, 0.3) is 0 Å². The molecule has 4 rings (SSSR count). The standard InChI is InChI=1S/C20H27N3O4S/c1-4-9-26-16-5-7-17(8-6-16)28(24,25)23-13-20(14-23)12-22(3)11-18(20)19-21-10-15(2)27-19/h5-8,10,18H,4,9,11-14H2,1-3H3. The van der Waals surface area contributed by atoms with Crippen molar-refractivity contribution in [3.05, 3.63) is 42.1 Å². The summed E-state index contributed by atoms with van der Waals surface area (Å²) in [4.78, 5) is 6.95. The maximum atomic E-state index is 13.0. The van der Waals surface area contributed by atoms with Gasteiger partial charge in [-0.2, -0.15) is 4.31 Å². The minimum Gasteiger partial charge on any atom is -0.494 e. The summed E-state index contributed by atoms with van der Waals surface area (Å²) in [6, 6.07) is 6.70. The van der Waals surface area contributed by atoms with Crippen molar-refractivity contribution in [1.82, 2.24) is 14.2 Å². The Hall–Kier alpha value is -1.90. The lowest BCUT2D eigenvalue weighted by Gasteiger charge is -2.49. The first-order valence-electron chi connectivity index (χ1n) is 9.68. The quantitative estimate of drug-likeness (QED) is 0.735. The number of aromatic nitrogens is 1. The van der Waals surface area contributed by atoms with E-state index in [1.165, 1.54) is 0 Å². The maximum absolute atomic E-state index is 13.0. The molecule has 1 aromatic carbocycles. The maximum Gasteiger partial charge on any atom is 0.243 e. The van der Waals surface area contributed by atoms with E-state index >= 15 is 0 Å². The van der Waals surface area contributed by atoms with Crippen LogP contribution in [0.15, 0.2) is 39.8 Å². The van der Waals surface area contributed by atoms with Crippen molar-refractivity contribution in [2.75, 3.05) is 39.8 Å². The molecule has 28 heavy (non-hydrogen) atoms. The fraction of sp³-hybridized carbons (Fsp3) is 0.550. The average Bonchev–Trinajstić information content (AvgIpc) is 3.22. The Labute approximate surface area is 166 Å². The molecule has 0 radical (unpaired) electrons. The number of hydrogen-bond donors (Lipinski definition) is 0. The number of hydrogen-bond acceptors (Lipinski definition) is 6. The zero-order valence-electron chi connectivity index (χ0n) is 16.6. The van der Waals surface area contributed by atoms with Gasteiger partial charge in [0.05, 0.1) is 23.6 Å². The minimum absolute atomic E-state index is 0.113. The lowest BCUT2D eigenvalue weighted by Crippen LogP contribution is -2.61. The highest BCUT2D eigenvalue weighted by Gasteiger charge is 2.58. The lowest BCUT2D eigenvalue weighted by molar-refractivity contribution is 0.0581. The molecule has 0 saturated carbocycles. The van der Waals surface area contributed by atoms with Crippen LogP contribution >= 0.6 is 0 Å². The zero-order valence-corrected chi connectivity index (χ0v) is 17.4. The van der Waals surface area contributed by atoms with Crippen LogP contribution in [-0.4, -0.2) is 62.4 Å². The number of oxazole rings is 1. The average molecular weight is 406 g/mol. The Balaban J connectivity index is 1.50. The Kier molecular flexibility index (Phi) is 4.97. The van der Waals surface area contributed by atoms with Gasteiger partial charge >= 0.3 is 0 Å². The Morgan fingerprint density at radius 3 is 2.57 bits per heavy atom. The van der Waals surface area contributed by atoms with E-state index in [9.17, 15) is 8.42 Å². The van der Waals surface area contributed by atoms with E-state index in [4.69, 9.17) is 9.15 Å². The SMILES string of the molecule is CCCOc1ccc(S(=O)(=O)N2CC3(CN(C)CC3c3ncc(C)o3)C2)cc1. The first kappa shape index (κ1) is 19.4. The summed E-state index contributed by atoms with van der Waals surface area (Å²) in [6.45, 7) is 7.18. The molecule has 1 unspecified atom stereocenters. The molecular weight excluding hydrogens is 378 g/mol. The van der Waals surface area contributed by atoms with Crippen LogP contribution in [0.4, 0.5) is 0 Å². The van der Waals surface area contributed by atoms with E-state index in [1.807, 2.05) is 13.8 Å². The minimum atomic E-state index is -3.51. The molecule has 2 saturated heterocycles. The normalized spacial score (nSPS) is 22.5. The lowest BCUT2D eigenvalue weighted by atomic mass is 9.73. The van der Waals surface area contributed by atoms with Crippen LogP contribution < -0.4 is 4.74 Å². The van der Waals surface area contributed by atoms with E-state index in [2.05, 4.69) is 16.9 Å². The monoisotopic (exact) mass is 405 g/mol. The molecule has 1 atom stereocenters. The molecule has 2 aliphatic heterocycles. The molecule has 0 amide bonds. The van der Waals surface area contributed by atoms with Crippen molar-refractivity contribution in [2.24, 2.45) is 5.41 Å². The van der Waals surface area contributed by atoms with Gasteiger partial charge in [0.25, 0.3) is 0 Å². The summed E-state index contributed by atoms with van der Waals surface area (Å²) in [5.74, 6) is 2.31. The summed E-state index contributed by atoms with van der Waals surface area (Å²) in [5, 5.41) is 0. The highest BCUT2D eigenvalue weighted by atomic mass is 32.2. The first-order chi connectivity index (χ1) is 13.3. The van der Waals surface area contributed by atoms with Crippen LogP contribution in [0, 0.1) is 12.3 Å². The van der Waals surface area contributed by atoms with Gasteiger partial charge < -0.3 is 14.1 Å². The number of sulfonamides is 1. The summed E-state index contributed by atoms with van der Waals surface area (Å²) in [7, 11) is -1.45. The second kappa shape index (κ2) is 7.17. The summed E-state index contributed by atoms with van der Waals surface area (Å²) < 4.78 is 39.0. The fourth-order valence-corrected chi connectivity index (χ4v) is 5.95. The second-order valence-corrected chi connectivity index (χ2v) is 9.95. The van der Waals surface area contributed by atoms with Crippen LogP contribution in [0.5, 0.6) is 5.75 Å². The molecule has 3 heterocycles. The van der Waals surface area contributed by atoms with Crippen molar-refractivity contribution in [3.8, 4) is 5.75 Å². The third-order valence-corrected chi connectivity index (χ3v) is 7.48. The molecule has 0 aliphatic carbocycles. The van der Waals surface area contributed by atoms with Crippen molar-refractivity contribution in [3.63, 3.8) is 0 Å². The molecular formula is C20H27N3O4S. The number of likely N-dealkylation sites (tertiary alicyclic amines) is 1. The number of nitrogens with zero attached hydrogens (tertiary/aromatic N) is 3. The largest absolute Gasteiger partial charge is 0.494 e. The Morgan fingerprint density at radius 1 is 1.25 bits per heavy atom. The zero-order chi connectivity index (χ0) is 19.9. The first-order valence-corrected chi connectivity index (χ1v) is 11.1. The van der Waals surface area contributed by atoms with Crippen LogP contribution in [0.3, 0.4) is 0 Å². The Morgan fingerprint density at radius 2 is 1.96 bits per heavy atom. The van der Waals surface area contributed by atoms with E-state index in [1.54, 1.807) is 34.8 Å². The third kappa shape index (κ3) is 3.33. The van der Waals surface area contributed by atoms with Crippen molar-refractivity contribution >= 4 is 10.0 Å². The molecule has 1 spiro atoms. The van der Waals surface area contributed by atoms with Crippen LogP contribution in [-0.2, 0) is 10.0 Å². The van der Waals surface area contributed by atoms with Gasteiger partial charge in [-0.05, 0) is 44.7 Å². The molecule has 2 fully saturated rings. The van der Waals surface area contributed by atoms with Crippen molar-refractivity contribution in [1.29, 1.82) is 0 Å². The van der Waals surface area contributed by atoms with E-state index in [0.717, 1.165) is 31.2 Å².